The average Bonchev–Trinajstić information content (AvgIpc) is 3.15. The number of carbonyl (C=O) groups is 2. The zero-order chi connectivity index (χ0) is 22.9. The summed E-state index contributed by atoms with van der Waals surface area (Å²) in [6.07, 6.45) is -0.0416. The number of benzene rings is 3. The Balaban J connectivity index is 1.45. The number of carbonyl (C=O) groups excluding carboxylic acids is 1. The highest BCUT2D eigenvalue weighted by molar-refractivity contribution is 7.22. The van der Waals surface area contributed by atoms with Crippen LogP contribution < -0.4 is 5.32 Å². The highest BCUT2D eigenvalue weighted by Crippen LogP contribution is 2.31. The standard InChI is InChI=1S/C25H21ClN2O3S/c1-25(2,23(30)31)14-21(29)17-5-3-15(4-6-17)16-7-10-19(11-8-16)27-24-28-20-12-9-18(26)13-22(20)32-24/h3-13H,14H2,1-2H3,(H,27,28)(H,30,31). The highest BCUT2D eigenvalue weighted by Gasteiger charge is 2.30. The molecule has 0 atom stereocenters. The summed E-state index contributed by atoms with van der Waals surface area (Å²) in [5, 5.41) is 14.0. The number of hydrogen-bond donors (Lipinski definition) is 2. The van der Waals surface area contributed by atoms with E-state index in [-0.39, 0.29) is 12.2 Å². The SMILES string of the molecule is CC(C)(CC(=O)c1ccc(-c2ccc(Nc3nc4ccc(Cl)cc4s3)cc2)cc1)C(=O)O. The monoisotopic (exact) mass is 464 g/mol. The second kappa shape index (κ2) is 8.73. The van der Waals surface area contributed by atoms with Gasteiger partial charge in [0.15, 0.2) is 10.9 Å². The third-order valence-electron chi connectivity index (χ3n) is 5.21. The molecule has 0 unspecified atom stereocenters. The van der Waals surface area contributed by atoms with Crippen molar-refractivity contribution in [2.75, 3.05) is 5.32 Å². The van der Waals surface area contributed by atoms with Gasteiger partial charge in [-0.2, -0.15) is 0 Å². The molecule has 32 heavy (non-hydrogen) atoms. The fraction of sp³-hybridized carbons (Fsp3) is 0.160. The topological polar surface area (TPSA) is 79.3 Å². The van der Waals surface area contributed by atoms with Crippen molar-refractivity contribution >= 4 is 55.7 Å². The lowest BCUT2D eigenvalue weighted by Gasteiger charge is -2.17. The van der Waals surface area contributed by atoms with E-state index in [9.17, 15) is 14.7 Å². The molecule has 4 aromatic rings. The van der Waals surface area contributed by atoms with Gasteiger partial charge in [0.25, 0.3) is 0 Å². The van der Waals surface area contributed by atoms with Gasteiger partial charge in [-0.25, -0.2) is 4.98 Å². The van der Waals surface area contributed by atoms with Crippen LogP contribution in [0.25, 0.3) is 21.3 Å². The molecule has 7 heteroatoms. The predicted octanol–water partition coefficient (Wildman–Crippen LogP) is 7.04. The van der Waals surface area contributed by atoms with Crippen molar-refractivity contribution in [1.29, 1.82) is 0 Å². The van der Waals surface area contributed by atoms with Crippen LogP contribution in [0.15, 0.2) is 66.7 Å². The molecular weight excluding hydrogens is 444 g/mol. The van der Waals surface area contributed by atoms with Gasteiger partial charge in [-0.3, -0.25) is 9.59 Å². The lowest BCUT2D eigenvalue weighted by Crippen LogP contribution is -2.26. The summed E-state index contributed by atoms with van der Waals surface area (Å²) in [6.45, 7) is 3.11. The van der Waals surface area contributed by atoms with Crippen LogP contribution in [0.5, 0.6) is 0 Å². The highest BCUT2D eigenvalue weighted by atomic mass is 35.5. The van der Waals surface area contributed by atoms with Crippen molar-refractivity contribution in [3.05, 3.63) is 77.3 Å². The lowest BCUT2D eigenvalue weighted by atomic mass is 9.85. The Hall–Kier alpha value is -3.22. The number of ketones is 1. The van der Waals surface area contributed by atoms with Crippen molar-refractivity contribution in [3.8, 4) is 11.1 Å². The number of carboxylic acid groups (broad SMARTS) is 1. The molecule has 0 fully saturated rings. The summed E-state index contributed by atoms with van der Waals surface area (Å²) in [7, 11) is 0. The summed E-state index contributed by atoms with van der Waals surface area (Å²) in [4.78, 5) is 28.3. The molecule has 0 aliphatic carbocycles. The van der Waals surface area contributed by atoms with Crippen LogP contribution in [0.4, 0.5) is 10.8 Å². The third kappa shape index (κ3) is 4.82. The lowest BCUT2D eigenvalue weighted by molar-refractivity contribution is -0.146. The molecule has 2 N–H and O–H groups in total. The normalized spacial score (nSPS) is 11.5. The molecule has 1 aromatic heterocycles. The number of halogens is 1. The molecule has 0 spiro atoms. The van der Waals surface area contributed by atoms with Crippen LogP contribution in [0.3, 0.4) is 0 Å². The zero-order valence-electron chi connectivity index (χ0n) is 17.6. The van der Waals surface area contributed by atoms with Gasteiger partial charge in [0, 0.05) is 22.7 Å². The minimum absolute atomic E-state index is 0.0416. The first-order chi connectivity index (χ1) is 15.2. The number of aliphatic carboxylic acids is 1. The minimum Gasteiger partial charge on any atom is -0.481 e. The largest absolute Gasteiger partial charge is 0.481 e. The van der Waals surface area contributed by atoms with Gasteiger partial charge in [-0.1, -0.05) is 59.3 Å². The Bertz CT molecular complexity index is 1300. The summed E-state index contributed by atoms with van der Waals surface area (Å²) < 4.78 is 1.03. The van der Waals surface area contributed by atoms with E-state index in [4.69, 9.17) is 11.6 Å². The van der Waals surface area contributed by atoms with E-state index in [1.54, 1.807) is 37.3 Å². The molecule has 0 aliphatic heterocycles. The van der Waals surface area contributed by atoms with Gasteiger partial charge in [0.05, 0.1) is 15.6 Å². The maximum atomic E-state index is 12.4. The molecule has 0 aliphatic rings. The molecule has 0 saturated carbocycles. The van der Waals surface area contributed by atoms with Gasteiger partial charge in [0.2, 0.25) is 0 Å². The first-order valence-electron chi connectivity index (χ1n) is 10.0. The number of nitrogens with zero attached hydrogens (tertiary/aromatic N) is 1. The maximum Gasteiger partial charge on any atom is 0.309 e. The number of fused-ring (bicyclic) bond motifs is 1. The van der Waals surface area contributed by atoms with Crippen LogP contribution >= 0.6 is 22.9 Å². The number of rotatable bonds is 7. The van der Waals surface area contributed by atoms with E-state index < -0.39 is 11.4 Å². The first-order valence-corrected chi connectivity index (χ1v) is 11.2. The predicted molar refractivity (Wildman–Crippen MR) is 130 cm³/mol. The second-order valence-corrected chi connectivity index (χ2v) is 9.67. The van der Waals surface area contributed by atoms with Crippen LogP contribution in [0.1, 0.15) is 30.6 Å². The Morgan fingerprint density at radius 3 is 2.25 bits per heavy atom. The fourth-order valence-electron chi connectivity index (χ4n) is 3.25. The minimum atomic E-state index is -1.09. The van der Waals surface area contributed by atoms with Crippen molar-refractivity contribution in [2.45, 2.75) is 20.3 Å². The number of Topliss-reactive ketones (excluding diaryl/α,β-unsaturated/α-hetero) is 1. The van der Waals surface area contributed by atoms with Gasteiger partial charge < -0.3 is 10.4 Å². The van der Waals surface area contributed by atoms with E-state index >= 15 is 0 Å². The summed E-state index contributed by atoms with van der Waals surface area (Å²) in [6, 6.07) is 20.8. The van der Waals surface area contributed by atoms with Gasteiger partial charge in [0.1, 0.15) is 0 Å². The van der Waals surface area contributed by atoms with E-state index in [0.717, 1.165) is 32.2 Å². The fourth-order valence-corrected chi connectivity index (χ4v) is 4.41. The summed E-state index contributed by atoms with van der Waals surface area (Å²) in [5.74, 6) is -1.16. The zero-order valence-corrected chi connectivity index (χ0v) is 19.1. The quantitative estimate of drug-likeness (QED) is 0.286. The number of carboxylic acids is 1. The Labute approximate surface area is 194 Å². The van der Waals surface area contributed by atoms with Crippen molar-refractivity contribution in [2.24, 2.45) is 5.41 Å². The number of thiazole rings is 1. The molecule has 0 radical (unpaired) electrons. The first kappa shape index (κ1) is 22.0. The number of nitrogens with one attached hydrogen (secondary N) is 1. The molecule has 162 valence electrons. The molecule has 4 rings (SSSR count). The van der Waals surface area contributed by atoms with Crippen molar-refractivity contribution in [1.82, 2.24) is 4.98 Å². The molecule has 3 aromatic carbocycles. The van der Waals surface area contributed by atoms with Gasteiger partial charge in [-0.15, -0.1) is 0 Å². The molecule has 0 amide bonds. The van der Waals surface area contributed by atoms with Crippen molar-refractivity contribution < 1.29 is 14.7 Å². The Morgan fingerprint density at radius 2 is 1.62 bits per heavy atom. The summed E-state index contributed by atoms with van der Waals surface area (Å²) in [5.41, 5.74) is 3.23. The van der Waals surface area contributed by atoms with E-state index in [1.165, 1.54) is 0 Å². The van der Waals surface area contributed by atoms with Crippen LogP contribution in [0.2, 0.25) is 5.02 Å². The van der Waals surface area contributed by atoms with Crippen molar-refractivity contribution in [3.63, 3.8) is 0 Å². The third-order valence-corrected chi connectivity index (χ3v) is 6.38. The molecular formula is C25H21ClN2O3S. The number of aromatic nitrogens is 1. The molecule has 0 bridgehead atoms. The molecule has 5 nitrogen and oxygen atoms in total. The van der Waals surface area contributed by atoms with Crippen LogP contribution in [0, 0.1) is 5.41 Å². The van der Waals surface area contributed by atoms with E-state index in [2.05, 4.69) is 10.3 Å². The van der Waals surface area contributed by atoms with Crippen LogP contribution in [-0.4, -0.2) is 21.8 Å². The Morgan fingerprint density at radius 1 is 1.00 bits per heavy atom. The van der Waals surface area contributed by atoms with Crippen LogP contribution in [-0.2, 0) is 4.79 Å². The van der Waals surface area contributed by atoms with E-state index in [1.807, 2.05) is 54.6 Å². The number of hydrogen-bond acceptors (Lipinski definition) is 5. The van der Waals surface area contributed by atoms with Gasteiger partial charge >= 0.3 is 5.97 Å². The van der Waals surface area contributed by atoms with E-state index in [0.29, 0.717) is 10.6 Å². The Kier molecular flexibility index (Phi) is 6.00. The second-order valence-electron chi connectivity index (χ2n) is 8.20. The van der Waals surface area contributed by atoms with Gasteiger partial charge in [-0.05, 0) is 55.3 Å². The number of anilines is 2. The molecule has 1 heterocycles. The average molecular weight is 465 g/mol. The molecule has 0 saturated heterocycles. The summed E-state index contributed by atoms with van der Waals surface area (Å²) >= 11 is 7.59. The maximum absolute atomic E-state index is 12.4. The smallest absolute Gasteiger partial charge is 0.309 e.